The molecule has 158 valence electrons. The Hall–Kier alpha value is -2.21. The molecule has 2 aromatic rings. The molecule has 0 radical (unpaired) electrons. The van der Waals surface area contributed by atoms with E-state index in [-0.39, 0.29) is 6.04 Å². The molecule has 0 aromatic heterocycles. The highest BCUT2D eigenvalue weighted by molar-refractivity contribution is 5.87. The van der Waals surface area contributed by atoms with Crippen LogP contribution in [-0.2, 0) is 13.0 Å². The minimum Gasteiger partial charge on any atom is -0.478 e. The third kappa shape index (κ3) is 3.78. The molecule has 5 nitrogen and oxygen atoms in total. The van der Waals surface area contributed by atoms with Gasteiger partial charge in [-0.3, -0.25) is 0 Å². The molecule has 3 atom stereocenters. The lowest BCUT2D eigenvalue weighted by Gasteiger charge is -2.27. The molecule has 30 heavy (non-hydrogen) atoms. The minimum atomic E-state index is -0.880. The number of hydrazine groups is 1. The zero-order chi connectivity index (χ0) is 20.7. The van der Waals surface area contributed by atoms with Crippen molar-refractivity contribution in [2.45, 2.75) is 63.7 Å². The van der Waals surface area contributed by atoms with Crippen LogP contribution in [0.4, 0.5) is 0 Å². The highest BCUT2D eigenvalue weighted by atomic mass is 16.4. The minimum absolute atomic E-state index is 0.191. The van der Waals surface area contributed by atoms with Gasteiger partial charge in [0, 0.05) is 18.5 Å². The number of benzene rings is 2. The average Bonchev–Trinajstić information content (AvgIpc) is 3.32. The first kappa shape index (κ1) is 19.7. The summed E-state index contributed by atoms with van der Waals surface area (Å²) in [6, 6.07) is 15.4. The molecule has 5 heteroatoms. The number of nitrogens with one attached hydrogen (secondary N) is 3. The molecule has 1 aliphatic heterocycles. The second-order valence-electron chi connectivity index (χ2n) is 9.41. The van der Waals surface area contributed by atoms with E-state index in [0.29, 0.717) is 23.6 Å². The van der Waals surface area contributed by atoms with Crippen LogP contribution in [0.2, 0.25) is 0 Å². The van der Waals surface area contributed by atoms with Gasteiger partial charge in [0.2, 0.25) is 0 Å². The van der Waals surface area contributed by atoms with Crippen molar-refractivity contribution in [3.63, 3.8) is 0 Å². The van der Waals surface area contributed by atoms with Crippen molar-refractivity contribution < 1.29 is 9.90 Å². The van der Waals surface area contributed by atoms with Gasteiger partial charge in [-0.25, -0.2) is 15.6 Å². The maximum atomic E-state index is 11.1. The van der Waals surface area contributed by atoms with E-state index in [1.54, 1.807) is 12.1 Å². The second kappa shape index (κ2) is 8.14. The lowest BCUT2D eigenvalue weighted by Crippen LogP contribution is -2.32. The number of carboxylic acids is 1. The fourth-order valence-electron chi connectivity index (χ4n) is 5.52. The molecule has 4 N–H and O–H groups in total. The zero-order valence-corrected chi connectivity index (χ0v) is 17.5. The Balaban J connectivity index is 1.25. The lowest BCUT2D eigenvalue weighted by atomic mass is 9.87. The largest absolute Gasteiger partial charge is 0.478 e. The Bertz CT molecular complexity index is 918. The van der Waals surface area contributed by atoms with E-state index in [0.717, 1.165) is 24.4 Å². The summed E-state index contributed by atoms with van der Waals surface area (Å²) in [4.78, 5) is 11.1. The Labute approximate surface area is 178 Å². The molecule has 2 aliphatic carbocycles. The maximum absolute atomic E-state index is 11.1. The fraction of sp³-hybridized carbons (Fsp3) is 0.480. The normalized spacial score (nSPS) is 30.1. The first-order chi connectivity index (χ1) is 14.6. The highest BCUT2D eigenvalue weighted by Gasteiger charge is 2.43. The van der Waals surface area contributed by atoms with E-state index < -0.39 is 5.97 Å². The van der Waals surface area contributed by atoms with Crippen LogP contribution in [-0.4, -0.2) is 17.1 Å². The summed E-state index contributed by atoms with van der Waals surface area (Å²) in [5.41, 5.74) is 12.6. The Morgan fingerprint density at radius 3 is 2.50 bits per heavy atom. The number of fused-ring (bicyclic) bond motifs is 3. The molecular weight excluding hydrogens is 374 g/mol. The van der Waals surface area contributed by atoms with Crippen LogP contribution in [0.15, 0.2) is 42.5 Å². The summed E-state index contributed by atoms with van der Waals surface area (Å²) in [6.07, 6.45) is 6.33. The van der Waals surface area contributed by atoms with Gasteiger partial charge in [-0.2, -0.15) is 0 Å². The molecule has 0 bridgehead atoms. The van der Waals surface area contributed by atoms with Crippen LogP contribution < -0.4 is 16.2 Å². The van der Waals surface area contributed by atoms with Crippen LogP contribution in [0.3, 0.4) is 0 Å². The van der Waals surface area contributed by atoms with E-state index in [1.807, 2.05) is 12.1 Å². The van der Waals surface area contributed by atoms with Crippen LogP contribution in [0.25, 0.3) is 0 Å². The van der Waals surface area contributed by atoms with Gasteiger partial charge in [0.1, 0.15) is 0 Å². The second-order valence-corrected chi connectivity index (χ2v) is 9.41. The van der Waals surface area contributed by atoms with Crippen molar-refractivity contribution in [1.82, 2.24) is 16.2 Å². The smallest absolute Gasteiger partial charge is 0.335 e. The van der Waals surface area contributed by atoms with E-state index in [1.165, 1.54) is 42.4 Å². The SMILES string of the molecule is CC1CCC(NCc2ccc3c(c2)CC2C(c4ccc(C(=O)O)cc4)NNC32)CC1. The zero-order valence-electron chi connectivity index (χ0n) is 17.5. The van der Waals surface area contributed by atoms with Crippen molar-refractivity contribution in [3.05, 3.63) is 70.3 Å². The van der Waals surface area contributed by atoms with Crippen molar-refractivity contribution in [3.8, 4) is 0 Å². The third-order valence-corrected chi connectivity index (χ3v) is 7.38. The average molecular weight is 406 g/mol. The van der Waals surface area contributed by atoms with E-state index >= 15 is 0 Å². The van der Waals surface area contributed by atoms with Crippen LogP contribution in [0, 0.1) is 11.8 Å². The quantitative estimate of drug-likeness (QED) is 0.602. The van der Waals surface area contributed by atoms with Gasteiger partial charge in [-0.1, -0.05) is 37.3 Å². The molecule has 2 fully saturated rings. The van der Waals surface area contributed by atoms with E-state index in [9.17, 15) is 4.79 Å². The number of carboxylic acid groups (broad SMARTS) is 1. The molecule has 0 amide bonds. The number of hydrogen-bond acceptors (Lipinski definition) is 4. The van der Waals surface area contributed by atoms with Crippen molar-refractivity contribution in [2.24, 2.45) is 11.8 Å². The van der Waals surface area contributed by atoms with Crippen molar-refractivity contribution in [2.75, 3.05) is 0 Å². The predicted molar refractivity (Wildman–Crippen MR) is 117 cm³/mol. The van der Waals surface area contributed by atoms with Gasteiger partial charge in [0.15, 0.2) is 0 Å². The number of rotatable bonds is 5. The summed E-state index contributed by atoms with van der Waals surface area (Å²) >= 11 is 0. The Kier molecular flexibility index (Phi) is 5.35. The molecule has 2 aromatic carbocycles. The van der Waals surface area contributed by atoms with Gasteiger partial charge in [-0.05, 0) is 72.4 Å². The van der Waals surface area contributed by atoms with Gasteiger partial charge >= 0.3 is 5.97 Å². The number of aromatic carboxylic acids is 1. The van der Waals surface area contributed by atoms with E-state index in [2.05, 4.69) is 41.3 Å². The summed E-state index contributed by atoms with van der Waals surface area (Å²) in [5, 5.41) is 12.9. The lowest BCUT2D eigenvalue weighted by molar-refractivity contribution is 0.0697. The number of hydrogen-bond donors (Lipinski definition) is 4. The molecular formula is C25H31N3O2. The highest BCUT2D eigenvalue weighted by Crippen LogP contribution is 2.46. The summed E-state index contributed by atoms with van der Waals surface area (Å²) in [5.74, 6) is 0.449. The third-order valence-electron chi connectivity index (χ3n) is 7.38. The molecule has 1 heterocycles. The van der Waals surface area contributed by atoms with Gasteiger partial charge in [0.05, 0.1) is 17.6 Å². The molecule has 1 saturated carbocycles. The number of carbonyl (C=O) groups is 1. The molecule has 3 unspecified atom stereocenters. The fourth-order valence-corrected chi connectivity index (χ4v) is 5.52. The van der Waals surface area contributed by atoms with Gasteiger partial charge in [0.25, 0.3) is 0 Å². The topological polar surface area (TPSA) is 73.4 Å². The predicted octanol–water partition coefficient (Wildman–Crippen LogP) is 4.12. The summed E-state index contributed by atoms with van der Waals surface area (Å²) in [6.45, 7) is 3.32. The monoisotopic (exact) mass is 405 g/mol. The van der Waals surface area contributed by atoms with Crippen molar-refractivity contribution in [1.29, 1.82) is 0 Å². The summed E-state index contributed by atoms with van der Waals surface area (Å²) < 4.78 is 0. The van der Waals surface area contributed by atoms with Gasteiger partial charge < -0.3 is 10.4 Å². The molecule has 1 saturated heterocycles. The first-order valence-corrected chi connectivity index (χ1v) is 11.3. The van der Waals surface area contributed by atoms with Crippen LogP contribution in [0.5, 0.6) is 0 Å². The molecule has 5 rings (SSSR count). The Morgan fingerprint density at radius 1 is 1.03 bits per heavy atom. The van der Waals surface area contributed by atoms with Crippen molar-refractivity contribution >= 4 is 5.97 Å². The van der Waals surface area contributed by atoms with Crippen LogP contribution >= 0.6 is 0 Å². The maximum Gasteiger partial charge on any atom is 0.335 e. The molecule has 3 aliphatic rings. The molecule has 0 spiro atoms. The van der Waals surface area contributed by atoms with Gasteiger partial charge in [-0.15, -0.1) is 0 Å². The first-order valence-electron chi connectivity index (χ1n) is 11.3. The van der Waals surface area contributed by atoms with Crippen LogP contribution in [0.1, 0.15) is 77.3 Å². The van der Waals surface area contributed by atoms with E-state index in [4.69, 9.17) is 5.11 Å². The summed E-state index contributed by atoms with van der Waals surface area (Å²) in [7, 11) is 0. The Morgan fingerprint density at radius 2 is 1.77 bits per heavy atom. The standard InChI is InChI=1S/C25H31N3O2/c1-15-2-9-20(10-3-15)26-14-16-4-11-21-19(12-16)13-22-23(27-28-24(21)22)17-5-7-18(8-6-17)25(29)30/h4-8,11-12,15,20,22-24,26-28H,2-3,9-10,13-14H2,1H3,(H,29,30).